The van der Waals surface area contributed by atoms with E-state index in [0.29, 0.717) is 6.42 Å². The van der Waals surface area contributed by atoms with Crippen LogP contribution in [0.4, 0.5) is 0 Å². The van der Waals surface area contributed by atoms with Crippen LogP contribution < -0.4 is 0 Å². The summed E-state index contributed by atoms with van der Waals surface area (Å²) in [6.07, 6.45) is 9.16. The van der Waals surface area contributed by atoms with Gasteiger partial charge < -0.3 is 4.74 Å². The maximum Gasteiger partial charge on any atom is 0.0621 e. The van der Waals surface area contributed by atoms with Crippen molar-refractivity contribution in [2.45, 2.75) is 58.3 Å². The summed E-state index contributed by atoms with van der Waals surface area (Å²) in [5.74, 6) is 0. The lowest BCUT2D eigenvalue weighted by atomic mass is 10.2. The molecule has 0 aromatic rings. The Bertz CT molecular complexity index is 140. The SMILES string of the molecule is CCCCCCCOCCCCC#N. The zero-order valence-corrected chi connectivity index (χ0v) is 9.43. The van der Waals surface area contributed by atoms with Crippen LogP contribution in [0.1, 0.15) is 58.3 Å². The molecular formula is C12H23NO. The molecule has 0 N–H and O–H groups in total. The van der Waals surface area contributed by atoms with Gasteiger partial charge in [-0.2, -0.15) is 5.26 Å². The number of rotatable bonds is 10. The van der Waals surface area contributed by atoms with Crippen molar-refractivity contribution < 1.29 is 4.74 Å². The van der Waals surface area contributed by atoms with Crippen LogP contribution in [0.5, 0.6) is 0 Å². The van der Waals surface area contributed by atoms with Crippen LogP contribution >= 0.6 is 0 Å². The molecule has 2 nitrogen and oxygen atoms in total. The normalized spacial score (nSPS) is 10.0. The van der Waals surface area contributed by atoms with Crippen LogP contribution in [0.25, 0.3) is 0 Å². The lowest BCUT2D eigenvalue weighted by Gasteiger charge is -2.02. The summed E-state index contributed by atoms with van der Waals surface area (Å²) in [5, 5.41) is 8.30. The molecule has 0 saturated heterocycles. The van der Waals surface area contributed by atoms with E-state index in [1.165, 1.54) is 32.1 Å². The maximum atomic E-state index is 8.30. The third-order valence-electron chi connectivity index (χ3n) is 2.22. The predicted octanol–water partition coefficient (Wildman–Crippen LogP) is 3.67. The molecule has 0 saturated carbocycles. The van der Waals surface area contributed by atoms with Crippen molar-refractivity contribution in [2.75, 3.05) is 13.2 Å². The van der Waals surface area contributed by atoms with E-state index in [2.05, 4.69) is 13.0 Å². The Morgan fingerprint density at radius 3 is 2.21 bits per heavy atom. The first kappa shape index (κ1) is 13.4. The van der Waals surface area contributed by atoms with Gasteiger partial charge in [0.15, 0.2) is 0 Å². The maximum absolute atomic E-state index is 8.30. The van der Waals surface area contributed by atoms with Crippen molar-refractivity contribution in [3.8, 4) is 6.07 Å². The average molecular weight is 197 g/mol. The minimum Gasteiger partial charge on any atom is -0.381 e. The monoisotopic (exact) mass is 197 g/mol. The van der Waals surface area contributed by atoms with Gasteiger partial charge in [0.1, 0.15) is 0 Å². The Kier molecular flexibility index (Phi) is 12.0. The molecule has 14 heavy (non-hydrogen) atoms. The lowest BCUT2D eigenvalue weighted by molar-refractivity contribution is 0.126. The first-order valence-corrected chi connectivity index (χ1v) is 5.86. The minimum absolute atomic E-state index is 0.667. The van der Waals surface area contributed by atoms with Crippen molar-refractivity contribution in [1.82, 2.24) is 0 Å². The highest BCUT2D eigenvalue weighted by molar-refractivity contribution is 4.67. The topological polar surface area (TPSA) is 33.0 Å². The van der Waals surface area contributed by atoms with Gasteiger partial charge in [-0.15, -0.1) is 0 Å². The molecule has 0 aromatic heterocycles. The molecule has 0 aliphatic carbocycles. The molecular weight excluding hydrogens is 174 g/mol. The average Bonchev–Trinajstić information content (AvgIpc) is 2.21. The van der Waals surface area contributed by atoms with E-state index in [0.717, 1.165) is 26.1 Å². The second-order valence-corrected chi connectivity index (χ2v) is 3.64. The Morgan fingerprint density at radius 2 is 1.57 bits per heavy atom. The first-order chi connectivity index (χ1) is 6.91. The fraction of sp³-hybridized carbons (Fsp3) is 0.917. The molecule has 0 amide bonds. The van der Waals surface area contributed by atoms with Crippen LogP contribution in [0, 0.1) is 11.3 Å². The smallest absolute Gasteiger partial charge is 0.0621 e. The van der Waals surface area contributed by atoms with E-state index in [1.54, 1.807) is 0 Å². The van der Waals surface area contributed by atoms with Crippen LogP contribution in [0.2, 0.25) is 0 Å². The predicted molar refractivity (Wildman–Crippen MR) is 59.0 cm³/mol. The fourth-order valence-electron chi connectivity index (χ4n) is 1.32. The van der Waals surface area contributed by atoms with Gasteiger partial charge in [-0.05, 0) is 19.3 Å². The molecule has 0 heterocycles. The molecule has 0 bridgehead atoms. The summed E-state index contributed by atoms with van der Waals surface area (Å²) >= 11 is 0. The minimum atomic E-state index is 0.667. The van der Waals surface area contributed by atoms with Gasteiger partial charge in [-0.1, -0.05) is 32.6 Å². The van der Waals surface area contributed by atoms with Crippen LogP contribution in [-0.2, 0) is 4.74 Å². The number of unbranched alkanes of at least 4 members (excludes halogenated alkanes) is 6. The summed E-state index contributed by atoms with van der Waals surface area (Å²) in [6.45, 7) is 3.96. The number of hydrogen-bond acceptors (Lipinski definition) is 2. The quantitative estimate of drug-likeness (QED) is 0.501. The summed E-state index contributed by atoms with van der Waals surface area (Å²) in [4.78, 5) is 0. The number of ether oxygens (including phenoxy) is 1. The Balaban J connectivity index is 2.82. The number of nitriles is 1. The molecule has 0 unspecified atom stereocenters. The van der Waals surface area contributed by atoms with Crippen molar-refractivity contribution in [3.63, 3.8) is 0 Å². The van der Waals surface area contributed by atoms with Crippen molar-refractivity contribution in [2.24, 2.45) is 0 Å². The largest absolute Gasteiger partial charge is 0.381 e. The Hall–Kier alpha value is -0.550. The lowest BCUT2D eigenvalue weighted by Crippen LogP contribution is -1.96. The van der Waals surface area contributed by atoms with Crippen LogP contribution in [0.3, 0.4) is 0 Å². The summed E-state index contributed by atoms with van der Waals surface area (Å²) in [6, 6.07) is 2.14. The van der Waals surface area contributed by atoms with Gasteiger partial charge >= 0.3 is 0 Å². The summed E-state index contributed by atoms with van der Waals surface area (Å²) in [5.41, 5.74) is 0. The second kappa shape index (κ2) is 12.4. The molecule has 82 valence electrons. The van der Waals surface area contributed by atoms with E-state index in [9.17, 15) is 0 Å². The highest BCUT2D eigenvalue weighted by Crippen LogP contribution is 2.02. The van der Waals surface area contributed by atoms with Gasteiger partial charge in [-0.3, -0.25) is 0 Å². The van der Waals surface area contributed by atoms with Gasteiger partial charge in [0.2, 0.25) is 0 Å². The molecule has 0 aliphatic rings. The molecule has 0 spiro atoms. The highest BCUT2D eigenvalue weighted by Gasteiger charge is 1.91. The van der Waals surface area contributed by atoms with Crippen molar-refractivity contribution in [1.29, 1.82) is 5.26 Å². The number of hydrogen-bond donors (Lipinski definition) is 0. The third-order valence-corrected chi connectivity index (χ3v) is 2.22. The molecule has 0 atom stereocenters. The molecule has 2 heteroatoms. The van der Waals surface area contributed by atoms with Crippen molar-refractivity contribution >= 4 is 0 Å². The molecule has 0 rings (SSSR count). The van der Waals surface area contributed by atoms with Gasteiger partial charge in [0, 0.05) is 19.6 Å². The van der Waals surface area contributed by atoms with E-state index in [-0.39, 0.29) is 0 Å². The highest BCUT2D eigenvalue weighted by atomic mass is 16.5. The van der Waals surface area contributed by atoms with Crippen molar-refractivity contribution in [3.05, 3.63) is 0 Å². The van der Waals surface area contributed by atoms with E-state index < -0.39 is 0 Å². The van der Waals surface area contributed by atoms with Gasteiger partial charge in [0.05, 0.1) is 6.07 Å². The molecule has 0 aromatic carbocycles. The summed E-state index contributed by atoms with van der Waals surface area (Å²) < 4.78 is 5.45. The summed E-state index contributed by atoms with van der Waals surface area (Å²) in [7, 11) is 0. The number of nitrogens with zero attached hydrogens (tertiary/aromatic N) is 1. The zero-order valence-electron chi connectivity index (χ0n) is 9.43. The zero-order chi connectivity index (χ0) is 10.5. The molecule has 0 fully saturated rings. The van der Waals surface area contributed by atoms with Crippen LogP contribution in [0.15, 0.2) is 0 Å². The molecule has 0 radical (unpaired) electrons. The standard InChI is InChI=1S/C12H23NO/c1-2-3-4-5-8-11-14-12-9-6-7-10-13/h2-9,11-12H2,1H3. The fourth-order valence-corrected chi connectivity index (χ4v) is 1.32. The second-order valence-electron chi connectivity index (χ2n) is 3.64. The van der Waals surface area contributed by atoms with E-state index in [1.807, 2.05) is 0 Å². The van der Waals surface area contributed by atoms with E-state index in [4.69, 9.17) is 10.00 Å². The van der Waals surface area contributed by atoms with Gasteiger partial charge in [-0.25, -0.2) is 0 Å². The van der Waals surface area contributed by atoms with Gasteiger partial charge in [0.25, 0.3) is 0 Å². The first-order valence-electron chi connectivity index (χ1n) is 5.86. The molecule has 0 aliphatic heterocycles. The third kappa shape index (κ3) is 11.4. The Labute approximate surface area is 88.3 Å². The Morgan fingerprint density at radius 1 is 0.929 bits per heavy atom. The van der Waals surface area contributed by atoms with Crippen LogP contribution in [-0.4, -0.2) is 13.2 Å². The van der Waals surface area contributed by atoms with E-state index >= 15 is 0 Å².